The molecule has 30 heavy (non-hydrogen) atoms. The number of aromatic nitrogens is 2. The third kappa shape index (κ3) is 4.72. The number of nitro benzene ring substituents is 1. The molecule has 1 fully saturated rings. The Morgan fingerprint density at radius 1 is 1.17 bits per heavy atom. The third-order valence-corrected chi connectivity index (χ3v) is 4.91. The van der Waals surface area contributed by atoms with E-state index in [9.17, 15) is 14.9 Å². The summed E-state index contributed by atoms with van der Waals surface area (Å²) in [7, 11) is 0. The first kappa shape index (κ1) is 19.8. The maximum absolute atomic E-state index is 12.7. The molecule has 152 valence electrons. The fourth-order valence-corrected chi connectivity index (χ4v) is 3.04. The molecule has 1 amide bonds. The van der Waals surface area contributed by atoms with Crippen LogP contribution in [0.1, 0.15) is 24.3 Å². The van der Waals surface area contributed by atoms with Crippen molar-refractivity contribution in [3.8, 4) is 11.5 Å². The predicted molar refractivity (Wildman–Crippen MR) is 110 cm³/mol. The van der Waals surface area contributed by atoms with E-state index in [1.807, 2.05) is 0 Å². The van der Waals surface area contributed by atoms with Crippen molar-refractivity contribution in [3.63, 3.8) is 0 Å². The summed E-state index contributed by atoms with van der Waals surface area (Å²) in [6, 6.07) is 13.2. The molecular weight excluding hydrogens is 408 g/mol. The number of rotatable bonds is 7. The lowest BCUT2D eigenvalue weighted by atomic mass is 10.2. The van der Waals surface area contributed by atoms with Gasteiger partial charge in [0, 0.05) is 34.8 Å². The molecule has 1 aliphatic carbocycles. The van der Waals surface area contributed by atoms with Gasteiger partial charge in [0.15, 0.2) is 0 Å². The van der Waals surface area contributed by atoms with E-state index in [1.54, 1.807) is 47.4 Å². The molecule has 0 radical (unpaired) electrons. The lowest BCUT2D eigenvalue weighted by Gasteiger charge is -2.18. The summed E-state index contributed by atoms with van der Waals surface area (Å²) in [5, 5.41) is 19.5. The van der Waals surface area contributed by atoms with Gasteiger partial charge in [-0.15, -0.1) is 10.2 Å². The number of halogens is 1. The third-order valence-electron chi connectivity index (χ3n) is 4.66. The molecule has 1 aromatic heterocycles. The molecule has 1 saturated carbocycles. The van der Waals surface area contributed by atoms with E-state index in [-0.39, 0.29) is 24.2 Å². The Kier molecular flexibility index (Phi) is 5.58. The largest absolute Gasteiger partial charge is 0.419 e. The molecule has 0 unspecified atom stereocenters. The number of carbonyl (C=O) groups excluding carboxylic acids is 1. The first-order valence-electron chi connectivity index (χ1n) is 9.31. The Bertz CT molecular complexity index is 1090. The van der Waals surface area contributed by atoms with Crippen LogP contribution in [-0.4, -0.2) is 32.0 Å². The number of carbonyl (C=O) groups is 1. The lowest BCUT2D eigenvalue weighted by molar-refractivity contribution is -0.384. The van der Waals surface area contributed by atoms with Crippen LogP contribution in [0.2, 0.25) is 5.02 Å². The minimum Gasteiger partial charge on any atom is -0.419 e. The zero-order valence-corrected chi connectivity index (χ0v) is 16.5. The number of hydrogen-bond donors (Lipinski definition) is 0. The normalized spacial score (nSPS) is 13.5. The molecule has 1 aliphatic rings. The monoisotopic (exact) mass is 424 g/mol. The number of non-ortho nitro benzene ring substituents is 1. The highest BCUT2D eigenvalue weighted by atomic mass is 35.5. The van der Waals surface area contributed by atoms with Gasteiger partial charge >= 0.3 is 0 Å². The maximum Gasteiger partial charge on any atom is 0.269 e. The maximum atomic E-state index is 12.7. The Morgan fingerprint density at radius 3 is 2.50 bits per heavy atom. The van der Waals surface area contributed by atoms with Crippen molar-refractivity contribution >= 4 is 29.3 Å². The predicted octanol–water partition coefficient (Wildman–Crippen LogP) is 4.50. The number of hydrogen-bond acceptors (Lipinski definition) is 6. The SMILES string of the molecule is O=C(/C=C/c1ccc([N+](=O)[O-])cc1)N(Cc1nnc(-c2ccc(Cl)cc2)o1)C1CC1. The van der Waals surface area contributed by atoms with Gasteiger partial charge in [-0.3, -0.25) is 14.9 Å². The van der Waals surface area contributed by atoms with Crippen LogP contribution >= 0.6 is 11.6 Å². The summed E-state index contributed by atoms with van der Waals surface area (Å²) < 4.78 is 5.72. The molecular formula is C21H17ClN4O4. The van der Waals surface area contributed by atoms with Crippen LogP contribution in [0.3, 0.4) is 0 Å². The second-order valence-electron chi connectivity index (χ2n) is 6.89. The lowest BCUT2D eigenvalue weighted by Crippen LogP contribution is -2.31. The molecule has 0 bridgehead atoms. The van der Waals surface area contributed by atoms with Crippen LogP contribution < -0.4 is 0 Å². The standard InChI is InChI=1S/C21H17ClN4O4/c22-16-6-4-15(5-7-16)21-24-23-19(30-21)13-25(17-10-11-17)20(27)12-3-14-1-8-18(9-2-14)26(28)29/h1-9,12,17H,10-11,13H2/b12-3+. The van der Waals surface area contributed by atoms with Crippen molar-refractivity contribution < 1.29 is 14.1 Å². The summed E-state index contributed by atoms with van der Waals surface area (Å²) in [6.45, 7) is 0.217. The van der Waals surface area contributed by atoms with Gasteiger partial charge in [-0.2, -0.15) is 0 Å². The van der Waals surface area contributed by atoms with E-state index in [0.29, 0.717) is 22.4 Å². The molecule has 1 heterocycles. The van der Waals surface area contributed by atoms with Crippen molar-refractivity contribution in [1.29, 1.82) is 0 Å². The summed E-state index contributed by atoms with van der Waals surface area (Å²) in [5.41, 5.74) is 1.46. The van der Waals surface area contributed by atoms with Crippen LogP contribution in [0.25, 0.3) is 17.5 Å². The first-order valence-corrected chi connectivity index (χ1v) is 9.69. The van der Waals surface area contributed by atoms with Gasteiger partial charge in [-0.25, -0.2) is 0 Å². The molecule has 0 N–H and O–H groups in total. The molecule has 8 nitrogen and oxygen atoms in total. The van der Waals surface area contributed by atoms with Crippen molar-refractivity contribution in [1.82, 2.24) is 15.1 Å². The molecule has 0 saturated heterocycles. The van der Waals surface area contributed by atoms with Crippen LogP contribution in [0.5, 0.6) is 0 Å². The quantitative estimate of drug-likeness (QED) is 0.314. The van der Waals surface area contributed by atoms with Gasteiger partial charge in [0.05, 0.1) is 11.5 Å². The second kappa shape index (κ2) is 8.46. The van der Waals surface area contributed by atoms with Crippen LogP contribution in [0.4, 0.5) is 5.69 Å². The summed E-state index contributed by atoms with van der Waals surface area (Å²) in [4.78, 5) is 24.7. The van der Waals surface area contributed by atoms with E-state index in [1.165, 1.54) is 18.2 Å². The van der Waals surface area contributed by atoms with Crippen molar-refractivity contribution in [2.24, 2.45) is 0 Å². The zero-order chi connectivity index (χ0) is 21.1. The average Bonchev–Trinajstić information content (AvgIpc) is 3.48. The Balaban J connectivity index is 1.44. The Hall–Kier alpha value is -3.52. The fraction of sp³-hybridized carbons (Fsp3) is 0.190. The molecule has 3 aromatic rings. The topological polar surface area (TPSA) is 102 Å². The number of nitrogens with zero attached hydrogens (tertiary/aromatic N) is 4. The minimum absolute atomic E-state index is 0.00553. The molecule has 4 rings (SSSR count). The van der Waals surface area contributed by atoms with Gasteiger partial charge < -0.3 is 9.32 Å². The van der Waals surface area contributed by atoms with Crippen molar-refractivity contribution in [3.05, 3.63) is 81.2 Å². The van der Waals surface area contributed by atoms with Gasteiger partial charge in [-0.1, -0.05) is 11.6 Å². The fourth-order valence-electron chi connectivity index (χ4n) is 2.92. The molecule has 0 spiro atoms. The van der Waals surface area contributed by atoms with E-state index in [2.05, 4.69) is 10.2 Å². The number of amides is 1. The number of benzene rings is 2. The molecule has 9 heteroatoms. The highest BCUT2D eigenvalue weighted by molar-refractivity contribution is 6.30. The summed E-state index contributed by atoms with van der Waals surface area (Å²) in [6.07, 6.45) is 4.94. The van der Waals surface area contributed by atoms with Gasteiger partial charge in [-0.05, 0) is 60.9 Å². The zero-order valence-electron chi connectivity index (χ0n) is 15.8. The molecule has 2 aromatic carbocycles. The minimum atomic E-state index is -0.462. The summed E-state index contributed by atoms with van der Waals surface area (Å²) in [5.74, 6) is 0.539. The Labute approximate surface area is 176 Å². The molecule has 0 atom stereocenters. The van der Waals surface area contributed by atoms with Crippen molar-refractivity contribution in [2.75, 3.05) is 0 Å². The average molecular weight is 425 g/mol. The Morgan fingerprint density at radius 2 is 1.87 bits per heavy atom. The van der Waals surface area contributed by atoms with E-state index in [0.717, 1.165) is 18.4 Å². The van der Waals surface area contributed by atoms with Crippen LogP contribution in [-0.2, 0) is 11.3 Å². The molecule has 0 aliphatic heterocycles. The smallest absolute Gasteiger partial charge is 0.269 e. The van der Waals surface area contributed by atoms with Gasteiger partial charge in [0.25, 0.3) is 5.69 Å². The van der Waals surface area contributed by atoms with E-state index >= 15 is 0 Å². The van der Waals surface area contributed by atoms with Crippen LogP contribution in [0, 0.1) is 10.1 Å². The number of nitro groups is 1. The van der Waals surface area contributed by atoms with Crippen LogP contribution in [0.15, 0.2) is 59.0 Å². The summed E-state index contributed by atoms with van der Waals surface area (Å²) >= 11 is 5.90. The highest BCUT2D eigenvalue weighted by Gasteiger charge is 2.32. The van der Waals surface area contributed by atoms with Crippen molar-refractivity contribution in [2.45, 2.75) is 25.4 Å². The van der Waals surface area contributed by atoms with Gasteiger partial charge in [0.2, 0.25) is 17.7 Å². The first-order chi connectivity index (χ1) is 14.5. The van der Waals surface area contributed by atoms with E-state index < -0.39 is 4.92 Å². The highest BCUT2D eigenvalue weighted by Crippen LogP contribution is 2.29. The van der Waals surface area contributed by atoms with Gasteiger partial charge in [0.1, 0.15) is 0 Å². The van der Waals surface area contributed by atoms with E-state index in [4.69, 9.17) is 16.0 Å². The second-order valence-corrected chi connectivity index (χ2v) is 7.32.